The van der Waals surface area contributed by atoms with E-state index in [0.29, 0.717) is 35.1 Å². The number of nitrogens with one attached hydrogen (secondary N) is 1. The van der Waals surface area contributed by atoms with Gasteiger partial charge in [0.1, 0.15) is 25.1 Å². The van der Waals surface area contributed by atoms with Gasteiger partial charge in [-0.15, -0.1) is 0 Å². The molecule has 1 aromatic carbocycles. The van der Waals surface area contributed by atoms with Gasteiger partial charge in [-0.1, -0.05) is 0 Å². The second kappa shape index (κ2) is 7.69. The number of methoxy groups -OCH3 is 1. The summed E-state index contributed by atoms with van der Waals surface area (Å²) in [5.74, 6) is 0.666. The Hall–Kier alpha value is -3.57. The molecule has 0 aliphatic carbocycles. The number of halogens is 2. The summed E-state index contributed by atoms with van der Waals surface area (Å²) < 4.78 is 44.4. The Bertz CT molecular complexity index is 996. The van der Waals surface area contributed by atoms with Crippen LogP contribution < -0.4 is 25.4 Å². The monoisotopic (exact) mass is 423 g/mol. The molecule has 2 aliphatic heterocycles. The van der Waals surface area contributed by atoms with E-state index in [-0.39, 0.29) is 19.0 Å². The molecule has 1 atom stereocenters. The number of carbonyl (C=O) groups excluding carboxylic acids is 2. The number of anilines is 2. The lowest BCUT2D eigenvalue weighted by atomic mass is 10.1. The zero-order chi connectivity index (χ0) is 21.4. The lowest BCUT2D eigenvalue weighted by molar-refractivity contribution is -0.116. The van der Waals surface area contributed by atoms with Crippen molar-refractivity contribution in [2.24, 2.45) is 5.73 Å². The van der Waals surface area contributed by atoms with Crippen LogP contribution in [-0.2, 0) is 16.1 Å². The van der Waals surface area contributed by atoms with Gasteiger partial charge in [0.15, 0.2) is 17.3 Å². The van der Waals surface area contributed by atoms with Crippen LogP contribution in [0, 0.1) is 0 Å². The summed E-state index contributed by atoms with van der Waals surface area (Å²) >= 11 is 0. The zero-order valence-corrected chi connectivity index (χ0v) is 15.9. The molecule has 2 aromatic rings. The number of primary amides is 1. The van der Waals surface area contributed by atoms with Gasteiger partial charge in [-0.05, 0) is 12.1 Å². The van der Waals surface area contributed by atoms with E-state index in [4.69, 9.17) is 19.9 Å². The standard InChI is InChI=1S/C18H19F2N5O5/c1-28-15-10(22-6-12(21)26)3-2-9-14(15)29-5-4-24-7-13(23-17(9)24)25-11(16(19)20)8-30-18(25)27/h2-3,7,11,16,22H,4-6,8H2,1H3,(H2,21,26)/t11-/m0/s1. The highest BCUT2D eigenvalue weighted by Gasteiger charge is 2.42. The molecule has 0 unspecified atom stereocenters. The molecule has 4 rings (SSSR count). The molecular formula is C18H19F2N5O5. The molecule has 1 fully saturated rings. The van der Waals surface area contributed by atoms with Gasteiger partial charge in [0.05, 0.1) is 31.5 Å². The number of hydrogen-bond acceptors (Lipinski definition) is 7. The number of benzene rings is 1. The van der Waals surface area contributed by atoms with Gasteiger partial charge in [-0.3, -0.25) is 4.79 Å². The predicted molar refractivity (Wildman–Crippen MR) is 101 cm³/mol. The molecule has 2 amide bonds. The number of rotatable bonds is 6. The molecular weight excluding hydrogens is 404 g/mol. The first-order chi connectivity index (χ1) is 14.4. The van der Waals surface area contributed by atoms with Crippen LogP contribution in [0.2, 0.25) is 0 Å². The number of fused-ring (bicyclic) bond motifs is 3. The highest BCUT2D eigenvalue weighted by atomic mass is 19.3. The van der Waals surface area contributed by atoms with E-state index in [9.17, 15) is 18.4 Å². The minimum absolute atomic E-state index is 0.0700. The molecule has 0 radical (unpaired) electrons. The molecule has 0 spiro atoms. The maximum Gasteiger partial charge on any atom is 0.416 e. The second-order valence-corrected chi connectivity index (χ2v) is 6.66. The second-order valence-electron chi connectivity index (χ2n) is 6.66. The largest absolute Gasteiger partial charge is 0.491 e. The van der Waals surface area contributed by atoms with E-state index in [1.165, 1.54) is 13.3 Å². The average molecular weight is 423 g/mol. The summed E-state index contributed by atoms with van der Waals surface area (Å²) in [6.45, 7) is 0.113. The molecule has 3 heterocycles. The van der Waals surface area contributed by atoms with Gasteiger partial charge < -0.3 is 29.8 Å². The molecule has 0 bridgehead atoms. The first kappa shape index (κ1) is 19.7. The van der Waals surface area contributed by atoms with E-state index in [1.54, 1.807) is 16.7 Å². The highest BCUT2D eigenvalue weighted by Crippen LogP contribution is 2.44. The van der Waals surface area contributed by atoms with Crippen molar-refractivity contribution in [1.82, 2.24) is 9.55 Å². The number of amides is 2. The molecule has 30 heavy (non-hydrogen) atoms. The van der Waals surface area contributed by atoms with Crippen molar-refractivity contribution >= 4 is 23.5 Å². The Morgan fingerprint density at radius 2 is 2.23 bits per heavy atom. The number of carbonyl (C=O) groups is 2. The number of nitrogens with zero attached hydrogens (tertiary/aromatic N) is 3. The normalized spacial score (nSPS) is 17.7. The number of cyclic esters (lactones) is 1. The summed E-state index contributed by atoms with van der Waals surface area (Å²) in [5.41, 5.74) is 6.22. The number of nitrogens with two attached hydrogens (primary N) is 1. The molecule has 1 saturated heterocycles. The molecule has 12 heteroatoms. The van der Waals surface area contributed by atoms with Crippen molar-refractivity contribution in [1.29, 1.82) is 0 Å². The Kier molecular flexibility index (Phi) is 5.06. The quantitative estimate of drug-likeness (QED) is 0.721. The summed E-state index contributed by atoms with van der Waals surface area (Å²) in [6, 6.07) is 1.96. The Morgan fingerprint density at radius 3 is 2.93 bits per heavy atom. The van der Waals surface area contributed by atoms with E-state index >= 15 is 0 Å². The number of aromatic nitrogens is 2. The third kappa shape index (κ3) is 3.33. The SMILES string of the molecule is COc1c(NCC(N)=O)ccc2c1OCCn1cc(N3C(=O)OC[C@H]3C(F)F)nc1-2. The van der Waals surface area contributed by atoms with Crippen molar-refractivity contribution in [2.45, 2.75) is 19.0 Å². The van der Waals surface area contributed by atoms with E-state index in [2.05, 4.69) is 10.3 Å². The fraction of sp³-hybridized carbons (Fsp3) is 0.389. The smallest absolute Gasteiger partial charge is 0.416 e. The van der Waals surface area contributed by atoms with E-state index in [1.807, 2.05) is 0 Å². The summed E-state index contributed by atoms with van der Waals surface area (Å²) in [4.78, 5) is 28.4. The van der Waals surface area contributed by atoms with Gasteiger partial charge in [0, 0.05) is 6.20 Å². The van der Waals surface area contributed by atoms with Crippen molar-refractivity contribution in [3.63, 3.8) is 0 Å². The Labute approximate surface area is 169 Å². The number of ether oxygens (including phenoxy) is 3. The molecule has 2 aliphatic rings. The van der Waals surface area contributed by atoms with E-state index < -0.39 is 31.1 Å². The van der Waals surface area contributed by atoms with Crippen molar-refractivity contribution in [2.75, 3.05) is 37.1 Å². The van der Waals surface area contributed by atoms with Crippen LogP contribution in [0.1, 0.15) is 0 Å². The maximum atomic E-state index is 13.3. The summed E-state index contributed by atoms with van der Waals surface area (Å²) in [6.07, 6.45) is -2.12. The summed E-state index contributed by atoms with van der Waals surface area (Å²) in [7, 11) is 1.45. The van der Waals surface area contributed by atoms with Crippen molar-refractivity contribution in [3.05, 3.63) is 18.3 Å². The number of alkyl halides is 2. The third-order valence-corrected chi connectivity index (χ3v) is 4.80. The maximum absolute atomic E-state index is 13.3. The molecule has 0 saturated carbocycles. The Morgan fingerprint density at radius 1 is 1.43 bits per heavy atom. The van der Waals surface area contributed by atoms with Crippen LogP contribution in [-0.4, -0.2) is 60.9 Å². The van der Waals surface area contributed by atoms with Crippen LogP contribution in [0.3, 0.4) is 0 Å². The average Bonchev–Trinajstić information content (AvgIpc) is 3.25. The molecule has 3 N–H and O–H groups in total. The van der Waals surface area contributed by atoms with Crippen molar-refractivity contribution in [3.8, 4) is 22.9 Å². The number of hydrogen-bond donors (Lipinski definition) is 2. The minimum Gasteiger partial charge on any atom is -0.491 e. The van der Waals surface area contributed by atoms with E-state index in [0.717, 1.165) is 4.90 Å². The lowest BCUT2D eigenvalue weighted by Crippen LogP contribution is -2.38. The van der Waals surface area contributed by atoms with Gasteiger partial charge in [-0.2, -0.15) is 0 Å². The van der Waals surface area contributed by atoms with Gasteiger partial charge in [0.25, 0.3) is 6.43 Å². The van der Waals surface area contributed by atoms with Crippen LogP contribution >= 0.6 is 0 Å². The van der Waals surface area contributed by atoms with Crippen LogP contribution in [0.15, 0.2) is 18.3 Å². The molecule has 1 aromatic heterocycles. The van der Waals surface area contributed by atoms with Gasteiger partial charge >= 0.3 is 6.09 Å². The van der Waals surface area contributed by atoms with Gasteiger partial charge in [0.2, 0.25) is 5.91 Å². The summed E-state index contributed by atoms with van der Waals surface area (Å²) in [5, 5.41) is 2.87. The van der Waals surface area contributed by atoms with Crippen LogP contribution in [0.4, 0.5) is 25.1 Å². The minimum atomic E-state index is -2.77. The van der Waals surface area contributed by atoms with Gasteiger partial charge in [-0.25, -0.2) is 23.5 Å². The number of imidazole rings is 1. The van der Waals surface area contributed by atoms with Crippen LogP contribution in [0.25, 0.3) is 11.4 Å². The fourth-order valence-electron chi connectivity index (χ4n) is 3.44. The first-order valence-electron chi connectivity index (χ1n) is 9.08. The predicted octanol–water partition coefficient (Wildman–Crippen LogP) is 1.44. The first-order valence-corrected chi connectivity index (χ1v) is 9.08. The molecule has 10 nitrogen and oxygen atoms in total. The van der Waals surface area contributed by atoms with Crippen molar-refractivity contribution < 1.29 is 32.6 Å². The lowest BCUT2D eigenvalue weighted by Gasteiger charge is -2.18. The highest BCUT2D eigenvalue weighted by molar-refractivity contribution is 5.90. The zero-order valence-electron chi connectivity index (χ0n) is 15.9. The fourth-order valence-corrected chi connectivity index (χ4v) is 3.44. The third-order valence-electron chi connectivity index (χ3n) is 4.80. The molecule has 160 valence electrons. The topological polar surface area (TPSA) is 121 Å². The Balaban J connectivity index is 1.76. The van der Waals surface area contributed by atoms with Crippen LogP contribution in [0.5, 0.6) is 11.5 Å².